The average molecular weight is 298 g/mol. The van der Waals surface area contributed by atoms with Crippen molar-refractivity contribution in [2.75, 3.05) is 18.8 Å². The first-order chi connectivity index (χ1) is 10.7. The number of nitrogen functional groups attached to an aromatic ring is 1. The summed E-state index contributed by atoms with van der Waals surface area (Å²) in [4.78, 5) is 19.0. The standard InChI is InChI=1S/C17H22N4O/c1-2-16-19-8-10-21(16)15-7-4-9-20(12-15)17(22)13-5-3-6-14(18)11-13/h3,5-6,8,10-11,15H,2,4,7,9,12,18H2,1H3. The van der Waals surface area contributed by atoms with Gasteiger partial charge < -0.3 is 15.2 Å². The number of aromatic nitrogens is 2. The van der Waals surface area contributed by atoms with Crippen LogP contribution in [0.4, 0.5) is 5.69 Å². The summed E-state index contributed by atoms with van der Waals surface area (Å²) in [5.74, 6) is 1.15. The van der Waals surface area contributed by atoms with E-state index in [1.165, 1.54) is 0 Å². The van der Waals surface area contributed by atoms with Gasteiger partial charge in [0.05, 0.1) is 6.04 Å². The smallest absolute Gasteiger partial charge is 0.253 e. The van der Waals surface area contributed by atoms with Crippen LogP contribution in [0.3, 0.4) is 0 Å². The quantitative estimate of drug-likeness (QED) is 0.886. The number of piperidine rings is 1. The van der Waals surface area contributed by atoms with E-state index in [1.54, 1.807) is 12.1 Å². The van der Waals surface area contributed by atoms with Crippen LogP contribution in [0.1, 0.15) is 42.0 Å². The van der Waals surface area contributed by atoms with E-state index in [1.807, 2.05) is 29.4 Å². The van der Waals surface area contributed by atoms with Crippen LogP contribution in [0, 0.1) is 0 Å². The van der Waals surface area contributed by atoms with Gasteiger partial charge in [0.1, 0.15) is 5.82 Å². The van der Waals surface area contributed by atoms with E-state index in [4.69, 9.17) is 5.73 Å². The fraction of sp³-hybridized carbons (Fsp3) is 0.412. The lowest BCUT2D eigenvalue weighted by Crippen LogP contribution is -2.40. The highest BCUT2D eigenvalue weighted by atomic mass is 16.2. The zero-order valence-electron chi connectivity index (χ0n) is 12.9. The van der Waals surface area contributed by atoms with Gasteiger partial charge in [-0.15, -0.1) is 0 Å². The Labute approximate surface area is 130 Å². The molecule has 0 spiro atoms. The van der Waals surface area contributed by atoms with Gasteiger partial charge in [-0.2, -0.15) is 0 Å². The van der Waals surface area contributed by atoms with E-state index in [-0.39, 0.29) is 5.91 Å². The molecular weight excluding hydrogens is 276 g/mol. The zero-order valence-corrected chi connectivity index (χ0v) is 12.9. The molecule has 3 rings (SSSR count). The van der Waals surface area contributed by atoms with Crippen molar-refractivity contribution in [2.24, 2.45) is 0 Å². The Kier molecular flexibility index (Phi) is 4.13. The SMILES string of the molecule is CCc1nccn1C1CCCN(C(=O)c2cccc(N)c2)C1. The lowest BCUT2D eigenvalue weighted by molar-refractivity contribution is 0.0678. The lowest BCUT2D eigenvalue weighted by atomic mass is 10.0. The van der Waals surface area contributed by atoms with Crippen LogP contribution < -0.4 is 5.73 Å². The Morgan fingerprint density at radius 3 is 3.09 bits per heavy atom. The molecule has 1 fully saturated rings. The zero-order chi connectivity index (χ0) is 15.5. The van der Waals surface area contributed by atoms with Gasteiger partial charge in [0.2, 0.25) is 0 Å². The first-order valence-electron chi connectivity index (χ1n) is 7.85. The maximum atomic E-state index is 12.7. The predicted octanol–water partition coefficient (Wildman–Crippen LogP) is 2.51. The molecule has 22 heavy (non-hydrogen) atoms. The third-order valence-electron chi connectivity index (χ3n) is 4.28. The van der Waals surface area contributed by atoms with Crippen molar-refractivity contribution in [3.8, 4) is 0 Å². The van der Waals surface area contributed by atoms with Crippen LogP contribution in [0.15, 0.2) is 36.7 Å². The first kappa shape index (κ1) is 14.6. The number of nitrogens with two attached hydrogens (primary N) is 1. The monoisotopic (exact) mass is 298 g/mol. The van der Waals surface area contributed by atoms with Crippen LogP contribution in [-0.2, 0) is 6.42 Å². The minimum absolute atomic E-state index is 0.0650. The molecule has 2 aromatic rings. The molecule has 1 aromatic heterocycles. The molecule has 0 bridgehead atoms. The number of likely N-dealkylation sites (tertiary alicyclic amines) is 1. The second-order valence-corrected chi connectivity index (χ2v) is 5.78. The fourth-order valence-corrected chi connectivity index (χ4v) is 3.17. The van der Waals surface area contributed by atoms with Crippen molar-refractivity contribution >= 4 is 11.6 Å². The van der Waals surface area contributed by atoms with Crippen molar-refractivity contribution < 1.29 is 4.79 Å². The summed E-state index contributed by atoms with van der Waals surface area (Å²) in [5.41, 5.74) is 7.08. The van der Waals surface area contributed by atoms with E-state index < -0.39 is 0 Å². The first-order valence-corrected chi connectivity index (χ1v) is 7.85. The molecule has 1 saturated heterocycles. The molecule has 0 aliphatic carbocycles. The number of anilines is 1. The number of hydrogen-bond donors (Lipinski definition) is 1. The van der Waals surface area contributed by atoms with E-state index in [2.05, 4.69) is 16.5 Å². The van der Waals surface area contributed by atoms with Gasteiger partial charge in [-0.25, -0.2) is 4.98 Å². The Bertz CT molecular complexity index is 664. The molecule has 0 radical (unpaired) electrons. The molecule has 2 heterocycles. The van der Waals surface area contributed by atoms with Gasteiger partial charge in [0.15, 0.2) is 0 Å². The van der Waals surface area contributed by atoms with Crippen molar-refractivity contribution in [2.45, 2.75) is 32.2 Å². The normalized spacial score (nSPS) is 18.4. The summed E-state index contributed by atoms with van der Waals surface area (Å²) >= 11 is 0. The number of rotatable bonds is 3. The van der Waals surface area contributed by atoms with Gasteiger partial charge in [-0.1, -0.05) is 13.0 Å². The maximum absolute atomic E-state index is 12.7. The largest absolute Gasteiger partial charge is 0.399 e. The molecule has 1 aromatic carbocycles. The molecule has 0 saturated carbocycles. The van der Waals surface area contributed by atoms with E-state index >= 15 is 0 Å². The summed E-state index contributed by atoms with van der Waals surface area (Å²) in [5, 5.41) is 0. The number of aryl methyl sites for hydroxylation is 1. The number of carbonyl (C=O) groups excluding carboxylic acids is 1. The molecule has 1 atom stereocenters. The number of amides is 1. The summed E-state index contributed by atoms with van der Waals surface area (Å²) in [7, 11) is 0. The summed E-state index contributed by atoms with van der Waals surface area (Å²) < 4.78 is 2.22. The predicted molar refractivity (Wildman–Crippen MR) is 86.6 cm³/mol. The van der Waals surface area contributed by atoms with Crippen LogP contribution in [0.5, 0.6) is 0 Å². The summed E-state index contributed by atoms with van der Waals surface area (Å²) in [6.07, 6.45) is 6.88. The molecule has 1 aliphatic heterocycles. The number of imidazole rings is 1. The lowest BCUT2D eigenvalue weighted by Gasteiger charge is -2.34. The molecule has 116 valence electrons. The highest BCUT2D eigenvalue weighted by molar-refractivity contribution is 5.95. The molecule has 1 aliphatic rings. The summed E-state index contributed by atoms with van der Waals surface area (Å²) in [6.45, 7) is 3.65. The third-order valence-corrected chi connectivity index (χ3v) is 4.28. The minimum Gasteiger partial charge on any atom is -0.399 e. The molecule has 5 heteroatoms. The minimum atomic E-state index is 0.0650. The molecule has 5 nitrogen and oxygen atoms in total. The average Bonchev–Trinajstić information content (AvgIpc) is 3.03. The van der Waals surface area contributed by atoms with Crippen molar-refractivity contribution in [3.63, 3.8) is 0 Å². The van der Waals surface area contributed by atoms with Crippen LogP contribution in [-0.4, -0.2) is 33.4 Å². The van der Waals surface area contributed by atoms with Crippen molar-refractivity contribution in [1.82, 2.24) is 14.5 Å². The second-order valence-electron chi connectivity index (χ2n) is 5.78. The van der Waals surface area contributed by atoms with Crippen LogP contribution in [0.25, 0.3) is 0 Å². The van der Waals surface area contributed by atoms with E-state index in [0.717, 1.165) is 38.2 Å². The van der Waals surface area contributed by atoms with E-state index in [0.29, 0.717) is 17.3 Å². The van der Waals surface area contributed by atoms with Gasteiger partial charge in [-0.3, -0.25) is 4.79 Å². The Morgan fingerprint density at radius 1 is 1.45 bits per heavy atom. The molecule has 2 N–H and O–H groups in total. The Balaban J connectivity index is 1.77. The summed E-state index contributed by atoms with van der Waals surface area (Å²) in [6, 6.07) is 7.53. The molecular formula is C17H22N4O. The number of benzene rings is 1. The second kappa shape index (κ2) is 6.22. The van der Waals surface area contributed by atoms with Crippen molar-refractivity contribution in [1.29, 1.82) is 0 Å². The maximum Gasteiger partial charge on any atom is 0.253 e. The molecule has 1 amide bonds. The number of hydrogen-bond acceptors (Lipinski definition) is 3. The van der Waals surface area contributed by atoms with Gasteiger partial charge in [-0.05, 0) is 31.0 Å². The Hall–Kier alpha value is -2.30. The van der Waals surface area contributed by atoms with Gasteiger partial charge in [0.25, 0.3) is 5.91 Å². The van der Waals surface area contributed by atoms with Gasteiger partial charge in [0, 0.05) is 43.2 Å². The van der Waals surface area contributed by atoms with E-state index in [9.17, 15) is 4.79 Å². The van der Waals surface area contributed by atoms with Crippen LogP contribution >= 0.6 is 0 Å². The topological polar surface area (TPSA) is 64.2 Å². The number of carbonyl (C=O) groups is 1. The van der Waals surface area contributed by atoms with Crippen molar-refractivity contribution in [3.05, 3.63) is 48.0 Å². The highest BCUT2D eigenvalue weighted by Gasteiger charge is 2.26. The Morgan fingerprint density at radius 2 is 2.32 bits per heavy atom. The fourth-order valence-electron chi connectivity index (χ4n) is 3.17. The highest BCUT2D eigenvalue weighted by Crippen LogP contribution is 2.24. The van der Waals surface area contributed by atoms with Crippen LogP contribution in [0.2, 0.25) is 0 Å². The number of nitrogens with zero attached hydrogens (tertiary/aromatic N) is 3. The van der Waals surface area contributed by atoms with Gasteiger partial charge >= 0.3 is 0 Å². The molecule has 1 unspecified atom stereocenters. The third kappa shape index (κ3) is 2.84.